The van der Waals surface area contributed by atoms with E-state index in [1.54, 1.807) is 7.11 Å². The third-order valence-electron chi connectivity index (χ3n) is 11.7. The first-order valence-electron chi connectivity index (χ1n) is 17.4. The van der Waals surface area contributed by atoms with Crippen molar-refractivity contribution in [3.63, 3.8) is 0 Å². The molecule has 1 aliphatic heterocycles. The number of ether oxygens (including phenoxy) is 2. The highest BCUT2D eigenvalue weighted by Gasteiger charge is 2.54. The lowest BCUT2D eigenvalue weighted by atomic mass is 9.47. The summed E-state index contributed by atoms with van der Waals surface area (Å²) in [7, 11) is 1.30. The van der Waals surface area contributed by atoms with Crippen molar-refractivity contribution in [3.05, 3.63) is 47.5 Å². The minimum atomic E-state index is -0.429. The van der Waals surface area contributed by atoms with Crippen molar-refractivity contribution in [2.24, 2.45) is 17.8 Å². The second kappa shape index (κ2) is 12.5. The van der Waals surface area contributed by atoms with Crippen LogP contribution in [0.5, 0.6) is 5.75 Å². The summed E-state index contributed by atoms with van der Waals surface area (Å²) in [6, 6.07) is 13.7. The Kier molecular flexibility index (Phi) is 9.08. The summed E-state index contributed by atoms with van der Waals surface area (Å²) in [6.07, 6.45) is 17.2. The van der Waals surface area contributed by atoms with Crippen LogP contribution in [0.15, 0.2) is 36.4 Å². The molecule has 4 saturated carbocycles. The summed E-state index contributed by atoms with van der Waals surface area (Å²) >= 11 is 0. The molecule has 1 saturated heterocycles. The van der Waals surface area contributed by atoms with Gasteiger partial charge < -0.3 is 18.8 Å². The van der Waals surface area contributed by atoms with Crippen molar-refractivity contribution < 1.29 is 18.8 Å². The molecule has 0 spiro atoms. The van der Waals surface area contributed by atoms with Crippen molar-refractivity contribution in [3.8, 4) is 16.9 Å². The van der Waals surface area contributed by atoms with Gasteiger partial charge in [-0.3, -0.25) is 0 Å². The predicted molar refractivity (Wildman–Crippen MR) is 177 cm³/mol. The first-order chi connectivity index (χ1) is 20.6. The Morgan fingerprint density at radius 1 is 0.791 bits per heavy atom. The molecule has 0 amide bonds. The molecule has 0 atom stereocenters. The molecule has 5 aliphatic rings. The molecule has 0 radical (unpaired) electrons. The minimum Gasteiger partial charge on any atom is -0.467 e. The normalized spacial score (nSPS) is 28.5. The standard InChI is InChI=1S/C38H55BO4/c1-7-8-9-10-11-12-15-27-21-32(31-16-13-14-17-34(31)39-42-36(2,3)37(4,5)43-39)35(41-26-40-6)33(22-27)38-23-28-18-29(24-38)20-30(19-28)25-38/h13-14,16-17,21-22,28-30H,7-12,15,18-20,23-26H2,1-6H3. The van der Waals surface area contributed by atoms with E-state index in [0.29, 0.717) is 0 Å². The molecule has 4 aliphatic carbocycles. The molecule has 4 bridgehead atoms. The van der Waals surface area contributed by atoms with Gasteiger partial charge in [0.2, 0.25) is 0 Å². The zero-order valence-corrected chi connectivity index (χ0v) is 27.8. The van der Waals surface area contributed by atoms with E-state index in [-0.39, 0.29) is 12.2 Å². The predicted octanol–water partition coefficient (Wildman–Crippen LogP) is 9.01. The van der Waals surface area contributed by atoms with E-state index in [9.17, 15) is 0 Å². The first-order valence-corrected chi connectivity index (χ1v) is 17.4. The second-order valence-electron chi connectivity index (χ2n) is 15.5. The van der Waals surface area contributed by atoms with Crippen molar-refractivity contribution >= 4 is 12.6 Å². The number of hydrogen-bond donors (Lipinski definition) is 0. The van der Waals surface area contributed by atoms with Gasteiger partial charge in [-0.05, 0) is 125 Å². The Labute approximate surface area is 261 Å². The quantitative estimate of drug-likeness (QED) is 0.133. The SMILES string of the molecule is CCCCCCCCc1cc(-c2ccccc2B2OC(C)(C)C(C)(C)O2)c(OCOC)c(C23CC4CC(CC(C4)C2)C3)c1. The number of benzene rings is 2. The lowest BCUT2D eigenvalue weighted by molar-refractivity contribution is -0.00878. The average molecular weight is 587 g/mol. The van der Waals surface area contributed by atoms with Crippen LogP contribution in [0.2, 0.25) is 0 Å². The van der Waals surface area contributed by atoms with Gasteiger partial charge in [0.1, 0.15) is 5.75 Å². The summed E-state index contributed by atoms with van der Waals surface area (Å²) in [4.78, 5) is 0. The Bertz CT molecular complexity index is 1220. The molecule has 0 unspecified atom stereocenters. The summed E-state index contributed by atoms with van der Waals surface area (Å²) in [5, 5.41) is 0. The van der Waals surface area contributed by atoms with Crippen LogP contribution >= 0.6 is 0 Å². The first kappa shape index (κ1) is 31.2. The molecule has 0 N–H and O–H groups in total. The van der Waals surface area contributed by atoms with Crippen LogP contribution in [-0.2, 0) is 25.9 Å². The Morgan fingerprint density at radius 2 is 1.40 bits per heavy atom. The third kappa shape index (κ3) is 6.20. The van der Waals surface area contributed by atoms with Crippen molar-refractivity contribution in [1.82, 2.24) is 0 Å². The highest BCUT2D eigenvalue weighted by atomic mass is 16.7. The fourth-order valence-electron chi connectivity index (χ4n) is 9.17. The zero-order chi connectivity index (χ0) is 30.2. The van der Waals surface area contributed by atoms with Crippen molar-refractivity contribution in [2.45, 2.75) is 135 Å². The molecule has 2 aromatic rings. The number of rotatable bonds is 13. The molecule has 5 heteroatoms. The van der Waals surface area contributed by atoms with Gasteiger partial charge in [-0.15, -0.1) is 0 Å². The lowest BCUT2D eigenvalue weighted by Crippen LogP contribution is -2.48. The van der Waals surface area contributed by atoms with Crippen LogP contribution in [0.4, 0.5) is 0 Å². The number of hydrogen-bond acceptors (Lipinski definition) is 4. The van der Waals surface area contributed by atoms with Gasteiger partial charge in [0.25, 0.3) is 0 Å². The molecule has 234 valence electrons. The second-order valence-corrected chi connectivity index (χ2v) is 15.5. The van der Waals surface area contributed by atoms with Gasteiger partial charge in [-0.1, -0.05) is 69.4 Å². The topological polar surface area (TPSA) is 36.9 Å². The van der Waals surface area contributed by atoms with Gasteiger partial charge in [-0.2, -0.15) is 0 Å². The maximum Gasteiger partial charge on any atom is 0.495 e. The summed E-state index contributed by atoms with van der Waals surface area (Å²) < 4.78 is 25.5. The fourth-order valence-corrected chi connectivity index (χ4v) is 9.17. The molecule has 4 nitrogen and oxygen atoms in total. The smallest absolute Gasteiger partial charge is 0.467 e. The summed E-state index contributed by atoms with van der Waals surface area (Å²) in [5.41, 5.74) is 5.73. The lowest BCUT2D eigenvalue weighted by Gasteiger charge is -2.57. The van der Waals surface area contributed by atoms with E-state index in [1.165, 1.54) is 93.7 Å². The zero-order valence-electron chi connectivity index (χ0n) is 27.8. The van der Waals surface area contributed by atoms with E-state index in [4.69, 9.17) is 18.8 Å². The van der Waals surface area contributed by atoms with Crippen LogP contribution in [0.1, 0.15) is 123 Å². The van der Waals surface area contributed by atoms with Crippen molar-refractivity contribution in [1.29, 1.82) is 0 Å². The van der Waals surface area contributed by atoms with E-state index in [2.05, 4.69) is 71.0 Å². The number of unbranched alkanes of at least 4 members (excludes halogenated alkanes) is 5. The molecular formula is C38H55BO4. The third-order valence-corrected chi connectivity index (χ3v) is 11.7. The summed E-state index contributed by atoms with van der Waals surface area (Å²) in [6.45, 7) is 11.1. The van der Waals surface area contributed by atoms with Crippen LogP contribution in [0, 0.1) is 17.8 Å². The van der Waals surface area contributed by atoms with Crippen molar-refractivity contribution in [2.75, 3.05) is 13.9 Å². The highest BCUT2D eigenvalue weighted by molar-refractivity contribution is 6.64. The molecule has 2 aromatic carbocycles. The van der Waals surface area contributed by atoms with Crippen LogP contribution < -0.4 is 10.2 Å². The van der Waals surface area contributed by atoms with Gasteiger partial charge in [-0.25, -0.2) is 0 Å². The number of methoxy groups -OCH3 is 1. The molecule has 1 heterocycles. The van der Waals surface area contributed by atoms with E-state index in [1.807, 2.05) is 0 Å². The van der Waals surface area contributed by atoms with E-state index >= 15 is 0 Å². The highest BCUT2D eigenvalue weighted by Crippen LogP contribution is 2.62. The van der Waals surface area contributed by atoms with E-state index in [0.717, 1.165) is 41.0 Å². The van der Waals surface area contributed by atoms with Gasteiger partial charge >= 0.3 is 7.12 Å². The molecular weight excluding hydrogens is 531 g/mol. The maximum absolute atomic E-state index is 6.68. The molecule has 7 rings (SSSR count). The Hall–Kier alpha value is -1.82. The van der Waals surface area contributed by atoms with Crippen LogP contribution in [0.25, 0.3) is 11.1 Å². The van der Waals surface area contributed by atoms with Gasteiger partial charge in [0.05, 0.1) is 11.2 Å². The Balaban J connectivity index is 1.44. The molecule has 0 aromatic heterocycles. The fraction of sp³-hybridized carbons (Fsp3) is 0.684. The molecule has 5 fully saturated rings. The Morgan fingerprint density at radius 3 is 2.02 bits per heavy atom. The largest absolute Gasteiger partial charge is 0.495 e. The summed E-state index contributed by atoms with van der Waals surface area (Å²) in [5.74, 6) is 3.62. The van der Waals surface area contributed by atoms with Crippen LogP contribution in [0.3, 0.4) is 0 Å². The minimum absolute atomic E-state index is 0.211. The average Bonchev–Trinajstić information content (AvgIpc) is 3.19. The molecule has 43 heavy (non-hydrogen) atoms. The van der Waals surface area contributed by atoms with Crippen LogP contribution in [-0.4, -0.2) is 32.2 Å². The van der Waals surface area contributed by atoms with E-state index < -0.39 is 18.3 Å². The van der Waals surface area contributed by atoms with Gasteiger partial charge in [0, 0.05) is 18.2 Å². The van der Waals surface area contributed by atoms with Gasteiger partial charge in [0.15, 0.2) is 6.79 Å². The maximum atomic E-state index is 6.68. The number of aryl methyl sites for hydroxylation is 1. The monoisotopic (exact) mass is 586 g/mol.